The zero-order valence-corrected chi connectivity index (χ0v) is 11.6. The summed E-state index contributed by atoms with van der Waals surface area (Å²) in [6.07, 6.45) is 8.15. The Bertz CT molecular complexity index is 448. The largest absolute Gasteiger partial charge is 0.301 e. The van der Waals surface area contributed by atoms with Crippen LogP contribution in [0.2, 0.25) is 0 Å². The van der Waals surface area contributed by atoms with Crippen molar-refractivity contribution in [2.75, 3.05) is 0 Å². The maximum absolute atomic E-state index is 5.93. The standard InChI is InChI=1S/C14H20N2OS/c1-10-7-8-13(18-10)12-9-14(15)17-16(12)11-5-3-2-4-6-11/h7-9,11,14H,2-6,15H2,1H3. The summed E-state index contributed by atoms with van der Waals surface area (Å²) >= 11 is 1.81. The van der Waals surface area contributed by atoms with Gasteiger partial charge in [0.05, 0.1) is 16.6 Å². The van der Waals surface area contributed by atoms with E-state index in [0.29, 0.717) is 6.04 Å². The molecule has 1 atom stereocenters. The van der Waals surface area contributed by atoms with E-state index in [0.717, 1.165) is 0 Å². The molecule has 1 aromatic heterocycles. The summed E-state index contributed by atoms with van der Waals surface area (Å²) in [4.78, 5) is 8.40. The second-order valence-corrected chi connectivity index (χ2v) is 6.44. The lowest BCUT2D eigenvalue weighted by Crippen LogP contribution is -2.35. The smallest absolute Gasteiger partial charge is 0.155 e. The van der Waals surface area contributed by atoms with Gasteiger partial charge in [0, 0.05) is 4.88 Å². The SMILES string of the molecule is Cc1ccc(C2=CC(N)ON2C2CCCCC2)s1. The Morgan fingerprint density at radius 2 is 2.06 bits per heavy atom. The Labute approximate surface area is 112 Å². The van der Waals surface area contributed by atoms with Gasteiger partial charge in [0.15, 0.2) is 6.23 Å². The van der Waals surface area contributed by atoms with E-state index in [4.69, 9.17) is 10.6 Å². The maximum atomic E-state index is 5.93. The second-order valence-electron chi connectivity index (χ2n) is 5.15. The molecule has 3 rings (SSSR count). The van der Waals surface area contributed by atoms with Crippen LogP contribution in [0.25, 0.3) is 5.70 Å². The molecular weight excluding hydrogens is 244 g/mol. The van der Waals surface area contributed by atoms with Gasteiger partial charge in [-0.15, -0.1) is 11.3 Å². The number of nitrogens with zero attached hydrogens (tertiary/aromatic N) is 1. The fourth-order valence-corrected chi connectivity index (χ4v) is 3.69. The van der Waals surface area contributed by atoms with Gasteiger partial charge in [0.1, 0.15) is 0 Å². The van der Waals surface area contributed by atoms with E-state index in [9.17, 15) is 0 Å². The third-order valence-corrected chi connectivity index (χ3v) is 4.72. The van der Waals surface area contributed by atoms with Crippen molar-refractivity contribution in [2.24, 2.45) is 5.73 Å². The van der Waals surface area contributed by atoms with Gasteiger partial charge in [-0.05, 0) is 38.0 Å². The summed E-state index contributed by atoms with van der Waals surface area (Å²) in [5.41, 5.74) is 7.10. The van der Waals surface area contributed by atoms with Crippen molar-refractivity contribution < 1.29 is 4.84 Å². The van der Waals surface area contributed by atoms with Crippen molar-refractivity contribution in [2.45, 2.75) is 51.3 Å². The zero-order valence-electron chi connectivity index (χ0n) is 10.8. The average molecular weight is 264 g/mol. The van der Waals surface area contributed by atoms with Crippen LogP contribution in [0, 0.1) is 6.92 Å². The van der Waals surface area contributed by atoms with Crippen LogP contribution in [0.1, 0.15) is 41.9 Å². The topological polar surface area (TPSA) is 38.5 Å². The van der Waals surface area contributed by atoms with E-state index in [-0.39, 0.29) is 6.23 Å². The highest BCUT2D eigenvalue weighted by atomic mass is 32.1. The Balaban J connectivity index is 1.83. The normalized spacial score (nSPS) is 25.6. The lowest BCUT2D eigenvalue weighted by atomic mass is 9.95. The highest BCUT2D eigenvalue weighted by Crippen LogP contribution is 2.36. The molecule has 0 radical (unpaired) electrons. The summed E-state index contributed by atoms with van der Waals surface area (Å²) in [6.45, 7) is 2.13. The lowest BCUT2D eigenvalue weighted by molar-refractivity contribution is -0.151. The number of hydrogen-bond acceptors (Lipinski definition) is 4. The molecule has 2 heterocycles. The minimum atomic E-state index is -0.288. The molecule has 2 N–H and O–H groups in total. The van der Waals surface area contributed by atoms with Crippen molar-refractivity contribution in [3.63, 3.8) is 0 Å². The van der Waals surface area contributed by atoms with Gasteiger partial charge in [0.2, 0.25) is 0 Å². The number of aryl methyl sites for hydroxylation is 1. The van der Waals surface area contributed by atoms with Gasteiger partial charge in [-0.2, -0.15) is 0 Å². The first-order valence-corrected chi connectivity index (χ1v) is 7.56. The molecule has 1 saturated carbocycles. The molecule has 0 aromatic carbocycles. The van der Waals surface area contributed by atoms with E-state index in [1.165, 1.54) is 47.6 Å². The van der Waals surface area contributed by atoms with E-state index in [1.807, 2.05) is 17.4 Å². The Morgan fingerprint density at radius 1 is 1.28 bits per heavy atom. The first-order chi connectivity index (χ1) is 8.74. The molecule has 0 amide bonds. The molecule has 0 bridgehead atoms. The third-order valence-electron chi connectivity index (χ3n) is 3.69. The predicted molar refractivity (Wildman–Crippen MR) is 74.8 cm³/mol. The molecular formula is C14H20N2OS. The van der Waals surface area contributed by atoms with Crippen LogP contribution in [0.3, 0.4) is 0 Å². The van der Waals surface area contributed by atoms with Crippen LogP contribution in [0.15, 0.2) is 18.2 Å². The Kier molecular flexibility index (Phi) is 3.41. The van der Waals surface area contributed by atoms with Gasteiger partial charge < -0.3 is 5.73 Å². The van der Waals surface area contributed by atoms with Crippen LogP contribution < -0.4 is 5.73 Å². The average Bonchev–Trinajstić information content (AvgIpc) is 2.96. The number of hydrogen-bond donors (Lipinski definition) is 1. The fraction of sp³-hybridized carbons (Fsp3) is 0.571. The van der Waals surface area contributed by atoms with Gasteiger partial charge in [0.25, 0.3) is 0 Å². The summed E-state index contributed by atoms with van der Waals surface area (Å²) in [5, 5.41) is 2.08. The highest BCUT2D eigenvalue weighted by Gasteiger charge is 2.31. The molecule has 3 nitrogen and oxygen atoms in total. The summed E-state index contributed by atoms with van der Waals surface area (Å²) in [6, 6.07) is 4.83. The van der Waals surface area contributed by atoms with E-state index >= 15 is 0 Å². The molecule has 18 heavy (non-hydrogen) atoms. The molecule has 0 saturated heterocycles. The number of nitrogens with two attached hydrogens (primary N) is 1. The van der Waals surface area contributed by atoms with Crippen molar-refractivity contribution in [3.8, 4) is 0 Å². The summed E-state index contributed by atoms with van der Waals surface area (Å²) in [5.74, 6) is 0. The van der Waals surface area contributed by atoms with E-state index in [1.54, 1.807) is 0 Å². The number of thiophene rings is 1. The quantitative estimate of drug-likeness (QED) is 0.891. The van der Waals surface area contributed by atoms with Gasteiger partial charge in [-0.3, -0.25) is 4.84 Å². The molecule has 1 unspecified atom stereocenters. The summed E-state index contributed by atoms with van der Waals surface area (Å²) in [7, 11) is 0. The van der Waals surface area contributed by atoms with Crippen molar-refractivity contribution >= 4 is 17.0 Å². The lowest BCUT2D eigenvalue weighted by Gasteiger charge is -2.33. The zero-order chi connectivity index (χ0) is 12.5. The van der Waals surface area contributed by atoms with Gasteiger partial charge >= 0.3 is 0 Å². The molecule has 98 valence electrons. The second kappa shape index (κ2) is 5.03. The fourth-order valence-electron chi connectivity index (χ4n) is 2.81. The van der Waals surface area contributed by atoms with Crippen molar-refractivity contribution in [3.05, 3.63) is 28.0 Å². The molecule has 0 spiro atoms. The molecule has 1 aromatic rings. The predicted octanol–water partition coefficient (Wildman–Crippen LogP) is 3.26. The minimum Gasteiger partial charge on any atom is -0.301 e. The summed E-state index contributed by atoms with van der Waals surface area (Å²) < 4.78 is 0. The number of rotatable bonds is 2. The monoisotopic (exact) mass is 264 g/mol. The first kappa shape index (κ1) is 12.2. The van der Waals surface area contributed by atoms with E-state index < -0.39 is 0 Å². The molecule has 2 aliphatic rings. The van der Waals surface area contributed by atoms with Crippen LogP contribution in [0.4, 0.5) is 0 Å². The van der Waals surface area contributed by atoms with Crippen LogP contribution in [-0.2, 0) is 4.84 Å². The molecule has 4 heteroatoms. The van der Waals surface area contributed by atoms with Crippen molar-refractivity contribution in [1.82, 2.24) is 5.06 Å². The van der Waals surface area contributed by atoms with Crippen molar-refractivity contribution in [1.29, 1.82) is 0 Å². The maximum Gasteiger partial charge on any atom is 0.155 e. The van der Waals surface area contributed by atoms with Gasteiger partial charge in [-0.1, -0.05) is 19.3 Å². The van der Waals surface area contributed by atoms with Crippen LogP contribution >= 0.6 is 11.3 Å². The molecule has 1 aliphatic heterocycles. The third kappa shape index (κ3) is 2.32. The Hall–Kier alpha value is -0.840. The molecule has 1 aliphatic carbocycles. The minimum absolute atomic E-state index is 0.288. The van der Waals surface area contributed by atoms with Crippen LogP contribution in [0.5, 0.6) is 0 Å². The Morgan fingerprint density at radius 3 is 2.72 bits per heavy atom. The number of hydroxylamine groups is 2. The van der Waals surface area contributed by atoms with Crippen LogP contribution in [-0.4, -0.2) is 17.3 Å². The highest BCUT2D eigenvalue weighted by molar-refractivity contribution is 7.13. The molecule has 1 fully saturated rings. The van der Waals surface area contributed by atoms with Gasteiger partial charge in [-0.25, -0.2) is 5.06 Å². The van der Waals surface area contributed by atoms with E-state index in [2.05, 4.69) is 24.1 Å². The first-order valence-electron chi connectivity index (χ1n) is 6.74.